The standard InChI is InChI=1S/C15H20N4O/c1-10-15(11(2)20-19-10)14-7-13(17-9-18-14)6-12-4-3-5-16-8-12/h7,9,12,16H,3-6,8H2,1-2H3. The van der Waals surface area contributed by atoms with E-state index in [0.29, 0.717) is 5.92 Å². The number of nitrogens with one attached hydrogen (secondary N) is 1. The van der Waals surface area contributed by atoms with Crippen LogP contribution in [0.5, 0.6) is 0 Å². The molecule has 5 nitrogen and oxygen atoms in total. The quantitative estimate of drug-likeness (QED) is 0.928. The summed E-state index contributed by atoms with van der Waals surface area (Å²) < 4.78 is 5.22. The largest absolute Gasteiger partial charge is 0.361 e. The van der Waals surface area contributed by atoms with Crippen molar-refractivity contribution in [2.45, 2.75) is 33.1 Å². The van der Waals surface area contributed by atoms with Crippen LogP contribution in [0.2, 0.25) is 0 Å². The zero-order valence-corrected chi connectivity index (χ0v) is 12.0. The van der Waals surface area contributed by atoms with Crippen LogP contribution in [0.1, 0.15) is 30.0 Å². The average Bonchev–Trinajstić information content (AvgIpc) is 2.80. The number of nitrogens with zero attached hydrogens (tertiary/aromatic N) is 3. The van der Waals surface area contributed by atoms with Gasteiger partial charge in [0.05, 0.1) is 17.0 Å². The summed E-state index contributed by atoms with van der Waals surface area (Å²) in [6.45, 7) is 6.09. The van der Waals surface area contributed by atoms with Crippen molar-refractivity contribution in [2.24, 2.45) is 5.92 Å². The Morgan fingerprint density at radius 3 is 2.95 bits per heavy atom. The van der Waals surface area contributed by atoms with Gasteiger partial charge in [-0.2, -0.15) is 0 Å². The van der Waals surface area contributed by atoms with E-state index < -0.39 is 0 Å². The van der Waals surface area contributed by atoms with Crippen LogP contribution < -0.4 is 5.32 Å². The van der Waals surface area contributed by atoms with Crippen molar-refractivity contribution in [2.75, 3.05) is 13.1 Å². The fraction of sp³-hybridized carbons (Fsp3) is 0.533. The molecule has 3 heterocycles. The molecule has 1 N–H and O–H groups in total. The lowest BCUT2D eigenvalue weighted by Crippen LogP contribution is -2.31. The van der Waals surface area contributed by atoms with Crippen molar-refractivity contribution in [3.63, 3.8) is 0 Å². The summed E-state index contributed by atoms with van der Waals surface area (Å²) in [6, 6.07) is 2.07. The molecule has 3 rings (SSSR count). The Morgan fingerprint density at radius 2 is 2.25 bits per heavy atom. The monoisotopic (exact) mass is 272 g/mol. The molecular formula is C15H20N4O. The van der Waals surface area contributed by atoms with Gasteiger partial charge in [0.2, 0.25) is 0 Å². The SMILES string of the molecule is Cc1noc(C)c1-c1cc(CC2CCCNC2)ncn1. The van der Waals surface area contributed by atoms with Crippen molar-refractivity contribution in [1.82, 2.24) is 20.4 Å². The molecule has 0 radical (unpaired) electrons. The Morgan fingerprint density at radius 1 is 1.35 bits per heavy atom. The number of piperidine rings is 1. The maximum Gasteiger partial charge on any atom is 0.143 e. The number of hydrogen-bond donors (Lipinski definition) is 1. The second kappa shape index (κ2) is 5.71. The molecule has 0 spiro atoms. The third-order valence-electron chi connectivity index (χ3n) is 3.91. The van der Waals surface area contributed by atoms with Crippen molar-refractivity contribution < 1.29 is 4.52 Å². The Hall–Kier alpha value is -1.75. The topological polar surface area (TPSA) is 63.8 Å². The van der Waals surface area contributed by atoms with E-state index in [-0.39, 0.29) is 0 Å². The van der Waals surface area contributed by atoms with Gasteiger partial charge in [0, 0.05) is 5.69 Å². The molecule has 1 saturated heterocycles. The van der Waals surface area contributed by atoms with Gasteiger partial charge in [0.15, 0.2) is 0 Å². The van der Waals surface area contributed by atoms with Gasteiger partial charge in [0.1, 0.15) is 12.1 Å². The summed E-state index contributed by atoms with van der Waals surface area (Å²) in [5.74, 6) is 1.49. The first-order valence-electron chi connectivity index (χ1n) is 7.19. The molecule has 0 amide bonds. The van der Waals surface area contributed by atoms with Crippen LogP contribution in [-0.2, 0) is 6.42 Å². The summed E-state index contributed by atoms with van der Waals surface area (Å²) in [4.78, 5) is 8.78. The van der Waals surface area contributed by atoms with Gasteiger partial charge < -0.3 is 9.84 Å². The van der Waals surface area contributed by atoms with E-state index in [0.717, 1.165) is 47.9 Å². The second-order valence-corrected chi connectivity index (χ2v) is 5.51. The lowest BCUT2D eigenvalue weighted by molar-refractivity contribution is 0.373. The van der Waals surface area contributed by atoms with Gasteiger partial charge in [-0.25, -0.2) is 9.97 Å². The van der Waals surface area contributed by atoms with E-state index in [9.17, 15) is 0 Å². The molecule has 1 aliphatic rings. The fourth-order valence-corrected chi connectivity index (χ4v) is 2.89. The third-order valence-corrected chi connectivity index (χ3v) is 3.91. The van der Waals surface area contributed by atoms with Gasteiger partial charge in [-0.05, 0) is 58.2 Å². The molecule has 0 bridgehead atoms. The Kier molecular flexibility index (Phi) is 3.78. The smallest absolute Gasteiger partial charge is 0.143 e. The summed E-state index contributed by atoms with van der Waals surface area (Å²) >= 11 is 0. The highest BCUT2D eigenvalue weighted by molar-refractivity contribution is 5.63. The number of aromatic nitrogens is 3. The zero-order valence-electron chi connectivity index (χ0n) is 12.0. The lowest BCUT2D eigenvalue weighted by atomic mass is 9.94. The fourth-order valence-electron chi connectivity index (χ4n) is 2.89. The van der Waals surface area contributed by atoms with Crippen LogP contribution >= 0.6 is 0 Å². The second-order valence-electron chi connectivity index (χ2n) is 5.51. The summed E-state index contributed by atoms with van der Waals surface area (Å²) in [5, 5.41) is 7.44. The van der Waals surface area contributed by atoms with Gasteiger partial charge in [-0.1, -0.05) is 5.16 Å². The molecule has 2 aromatic heterocycles. The van der Waals surface area contributed by atoms with E-state index in [2.05, 4.69) is 26.5 Å². The van der Waals surface area contributed by atoms with Crippen LogP contribution in [-0.4, -0.2) is 28.2 Å². The maximum atomic E-state index is 5.22. The molecule has 106 valence electrons. The first kappa shape index (κ1) is 13.2. The van der Waals surface area contributed by atoms with E-state index in [1.165, 1.54) is 12.8 Å². The van der Waals surface area contributed by atoms with Gasteiger partial charge in [-0.15, -0.1) is 0 Å². The molecule has 0 saturated carbocycles. The van der Waals surface area contributed by atoms with Crippen molar-refractivity contribution >= 4 is 0 Å². The predicted octanol–water partition coefficient (Wildman–Crippen LogP) is 2.29. The van der Waals surface area contributed by atoms with E-state index in [1.807, 2.05) is 13.8 Å². The highest BCUT2D eigenvalue weighted by Gasteiger charge is 2.17. The molecule has 20 heavy (non-hydrogen) atoms. The first-order valence-corrected chi connectivity index (χ1v) is 7.19. The van der Waals surface area contributed by atoms with Crippen LogP contribution in [0.25, 0.3) is 11.3 Å². The minimum absolute atomic E-state index is 0.677. The molecule has 1 atom stereocenters. The van der Waals surface area contributed by atoms with E-state index in [1.54, 1.807) is 6.33 Å². The van der Waals surface area contributed by atoms with Crippen molar-refractivity contribution in [3.05, 3.63) is 29.5 Å². The van der Waals surface area contributed by atoms with Crippen LogP contribution in [0, 0.1) is 19.8 Å². The van der Waals surface area contributed by atoms with Crippen LogP contribution in [0.15, 0.2) is 16.9 Å². The van der Waals surface area contributed by atoms with Gasteiger partial charge in [-0.3, -0.25) is 0 Å². The number of hydrogen-bond acceptors (Lipinski definition) is 5. The predicted molar refractivity (Wildman–Crippen MR) is 76.3 cm³/mol. The van der Waals surface area contributed by atoms with Crippen LogP contribution in [0.4, 0.5) is 0 Å². The molecule has 0 aromatic carbocycles. The van der Waals surface area contributed by atoms with E-state index in [4.69, 9.17) is 4.52 Å². The third kappa shape index (κ3) is 2.72. The lowest BCUT2D eigenvalue weighted by Gasteiger charge is -2.22. The van der Waals surface area contributed by atoms with Gasteiger partial charge in [0.25, 0.3) is 0 Å². The molecule has 5 heteroatoms. The highest BCUT2D eigenvalue weighted by Crippen LogP contribution is 2.25. The summed E-state index contributed by atoms with van der Waals surface area (Å²) in [6.07, 6.45) is 5.18. The average molecular weight is 272 g/mol. The number of rotatable bonds is 3. The van der Waals surface area contributed by atoms with E-state index >= 15 is 0 Å². The molecule has 0 aliphatic carbocycles. The molecule has 1 unspecified atom stereocenters. The Bertz CT molecular complexity index is 568. The summed E-state index contributed by atoms with van der Waals surface area (Å²) in [5.41, 5.74) is 3.89. The summed E-state index contributed by atoms with van der Waals surface area (Å²) in [7, 11) is 0. The Labute approximate surface area is 118 Å². The minimum atomic E-state index is 0.677. The first-order chi connectivity index (χ1) is 9.74. The number of aryl methyl sites for hydroxylation is 2. The zero-order chi connectivity index (χ0) is 13.9. The minimum Gasteiger partial charge on any atom is -0.361 e. The van der Waals surface area contributed by atoms with Crippen LogP contribution in [0.3, 0.4) is 0 Å². The normalized spacial score (nSPS) is 19.2. The molecule has 1 fully saturated rings. The van der Waals surface area contributed by atoms with Crippen molar-refractivity contribution in [1.29, 1.82) is 0 Å². The van der Waals surface area contributed by atoms with Gasteiger partial charge >= 0.3 is 0 Å². The van der Waals surface area contributed by atoms with Crippen molar-refractivity contribution in [3.8, 4) is 11.3 Å². The maximum absolute atomic E-state index is 5.22. The Balaban J connectivity index is 1.82. The molecule has 2 aromatic rings. The molecular weight excluding hydrogens is 252 g/mol. The molecule has 1 aliphatic heterocycles. The highest BCUT2D eigenvalue weighted by atomic mass is 16.5.